The molecule has 32 heavy (non-hydrogen) atoms. The van der Waals surface area contributed by atoms with Gasteiger partial charge in [0.05, 0.1) is 0 Å². The molecule has 0 bridgehead atoms. The van der Waals surface area contributed by atoms with E-state index in [1.165, 1.54) is 72.4 Å². The number of anilines is 1. The first-order chi connectivity index (χ1) is 15.7. The third-order valence-electron chi connectivity index (χ3n) is 7.38. The van der Waals surface area contributed by atoms with Gasteiger partial charge in [-0.15, -0.1) is 0 Å². The quantitative estimate of drug-likeness (QED) is 0.381. The number of aromatic nitrogens is 2. The number of benzene rings is 1. The van der Waals surface area contributed by atoms with Crippen molar-refractivity contribution in [3.05, 3.63) is 75.6 Å². The Bertz CT molecular complexity index is 1120. The average molecular weight is 489 g/mol. The van der Waals surface area contributed by atoms with E-state index in [1.807, 2.05) is 18.5 Å². The van der Waals surface area contributed by atoms with Crippen LogP contribution in [0.25, 0.3) is 11.1 Å². The van der Waals surface area contributed by atoms with Crippen molar-refractivity contribution >= 4 is 21.7 Å². The normalized spacial score (nSPS) is 18.7. The Morgan fingerprint density at radius 2 is 1.81 bits per heavy atom. The number of fused-ring (bicyclic) bond motifs is 3. The maximum absolute atomic E-state index is 5.28. The molecule has 2 aliphatic heterocycles. The highest BCUT2D eigenvalue weighted by molar-refractivity contribution is 9.10. The van der Waals surface area contributed by atoms with Crippen molar-refractivity contribution in [1.82, 2.24) is 14.9 Å². The summed E-state index contributed by atoms with van der Waals surface area (Å²) in [6.07, 6.45) is 10.9. The van der Waals surface area contributed by atoms with Crippen LogP contribution in [-0.2, 0) is 12.8 Å². The standard InChI is InChI=1S/C27H29BrN4/c28-22-5-6-25-20(16-22)15-21-17-23(14-19-4-3-9-29-18-19)30-27(26(21)25)32-12-7-24(8-13-32)31-10-1-2-11-31/h3-6,9,16-18,24H,1-2,7-8,10-15H2. The van der Waals surface area contributed by atoms with Crippen LogP contribution < -0.4 is 4.90 Å². The highest BCUT2D eigenvalue weighted by Gasteiger charge is 2.31. The lowest BCUT2D eigenvalue weighted by Gasteiger charge is -2.38. The first kappa shape index (κ1) is 20.4. The van der Waals surface area contributed by atoms with Gasteiger partial charge in [-0.1, -0.05) is 28.1 Å². The molecule has 2 aromatic heterocycles. The average Bonchev–Trinajstić information content (AvgIpc) is 3.47. The van der Waals surface area contributed by atoms with Gasteiger partial charge in [-0.2, -0.15) is 0 Å². The number of rotatable bonds is 4. The van der Waals surface area contributed by atoms with Crippen molar-refractivity contribution in [1.29, 1.82) is 0 Å². The number of nitrogens with zero attached hydrogens (tertiary/aromatic N) is 4. The second-order valence-electron chi connectivity index (χ2n) is 9.45. The van der Waals surface area contributed by atoms with Crippen LogP contribution in [0.15, 0.2) is 53.3 Å². The maximum Gasteiger partial charge on any atom is 0.137 e. The van der Waals surface area contributed by atoms with Gasteiger partial charge < -0.3 is 9.80 Å². The molecule has 0 radical (unpaired) electrons. The Kier molecular flexibility index (Phi) is 5.48. The Labute approximate surface area is 198 Å². The molecule has 0 N–H and O–H groups in total. The predicted molar refractivity (Wildman–Crippen MR) is 133 cm³/mol. The van der Waals surface area contributed by atoms with Crippen LogP contribution in [0.1, 0.15) is 48.1 Å². The summed E-state index contributed by atoms with van der Waals surface area (Å²) in [5.74, 6) is 1.20. The Balaban J connectivity index is 1.34. The summed E-state index contributed by atoms with van der Waals surface area (Å²) in [5, 5.41) is 0. The molecule has 0 unspecified atom stereocenters. The van der Waals surface area contributed by atoms with Gasteiger partial charge in [-0.3, -0.25) is 4.98 Å². The zero-order valence-corrected chi connectivity index (χ0v) is 20.0. The third kappa shape index (κ3) is 3.86. The van der Waals surface area contributed by atoms with E-state index in [2.05, 4.69) is 61.0 Å². The first-order valence-electron chi connectivity index (χ1n) is 11.9. The van der Waals surface area contributed by atoms with E-state index in [0.717, 1.165) is 42.1 Å². The Hall–Kier alpha value is -2.24. The first-order valence-corrected chi connectivity index (χ1v) is 12.7. The molecule has 4 heterocycles. The monoisotopic (exact) mass is 488 g/mol. The number of hydrogen-bond acceptors (Lipinski definition) is 4. The van der Waals surface area contributed by atoms with Gasteiger partial charge in [0.2, 0.25) is 0 Å². The molecule has 0 atom stereocenters. The van der Waals surface area contributed by atoms with Crippen molar-refractivity contribution in [2.24, 2.45) is 0 Å². The zero-order valence-electron chi connectivity index (χ0n) is 18.4. The molecule has 2 fully saturated rings. The van der Waals surface area contributed by atoms with Gasteiger partial charge in [0.15, 0.2) is 0 Å². The van der Waals surface area contributed by atoms with Crippen LogP contribution in [-0.4, -0.2) is 47.1 Å². The second-order valence-corrected chi connectivity index (χ2v) is 10.4. The van der Waals surface area contributed by atoms with Crippen LogP contribution in [0.4, 0.5) is 5.82 Å². The molecular formula is C27H29BrN4. The molecule has 5 heteroatoms. The predicted octanol–water partition coefficient (Wildman–Crippen LogP) is 5.47. The van der Waals surface area contributed by atoms with Crippen molar-refractivity contribution in [2.75, 3.05) is 31.1 Å². The summed E-state index contributed by atoms with van der Waals surface area (Å²) < 4.78 is 1.15. The Morgan fingerprint density at radius 1 is 0.969 bits per heavy atom. The van der Waals surface area contributed by atoms with E-state index in [1.54, 1.807) is 0 Å². The molecule has 2 saturated heterocycles. The summed E-state index contributed by atoms with van der Waals surface area (Å²) >= 11 is 3.66. The number of pyridine rings is 2. The van der Waals surface area contributed by atoms with Gasteiger partial charge in [-0.25, -0.2) is 4.98 Å². The summed E-state index contributed by atoms with van der Waals surface area (Å²) in [4.78, 5) is 14.9. The second kappa shape index (κ2) is 8.60. The van der Waals surface area contributed by atoms with Crippen LogP contribution in [0.5, 0.6) is 0 Å². The largest absolute Gasteiger partial charge is 0.356 e. The zero-order chi connectivity index (χ0) is 21.5. The van der Waals surface area contributed by atoms with E-state index < -0.39 is 0 Å². The maximum atomic E-state index is 5.28. The highest BCUT2D eigenvalue weighted by atomic mass is 79.9. The third-order valence-corrected chi connectivity index (χ3v) is 7.87. The molecule has 164 valence electrons. The lowest BCUT2D eigenvalue weighted by atomic mass is 10.00. The van der Waals surface area contributed by atoms with Crippen molar-refractivity contribution < 1.29 is 0 Å². The van der Waals surface area contributed by atoms with Gasteiger partial charge in [0, 0.05) is 53.7 Å². The lowest BCUT2D eigenvalue weighted by Crippen LogP contribution is -2.44. The van der Waals surface area contributed by atoms with E-state index in [-0.39, 0.29) is 0 Å². The van der Waals surface area contributed by atoms with Crippen LogP contribution >= 0.6 is 15.9 Å². The molecule has 1 aromatic carbocycles. The fourth-order valence-corrected chi connectivity index (χ4v) is 6.22. The Morgan fingerprint density at radius 3 is 2.59 bits per heavy atom. The van der Waals surface area contributed by atoms with Gasteiger partial charge >= 0.3 is 0 Å². The van der Waals surface area contributed by atoms with Gasteiger partial charge in [-0.05, 0) is 91.7 Å². The fraction of sp³-hybridized carbons (Fsp3) is 0.407. The minimum absolute atomic E-state index is 0.753. The number of hydrogen-bond donors (Lipinski definition) is 0. The molecule has 3 aliphatic rings. The van der Waals surface area contributed by atoms with Crippen LogP contribution in [0.2, 0.25) is 0 Å². The number of piperidine rings is 1. The molecule has 6 rings (SSSR count). The summed E-state index contributed by atoms with van der Waals surface area (Å²) in [6.45, 7) is 4.79. The molecular weight excluding hydrogens is 460 g/mol. The number of likely N-dealkylation sites (tertiary alicyclic amines) is 1. The summed E-state index contributed by atoms with van der Waals surface area (Å²) in [6, 6.07) is 14.0. The molecule has 0 amide bonds. The lowest BCUT2D eigenvalue weighted by molar-refractivity contribution is 0.207. The highest BCUT2D eigenvalue weighted by Crippen LogP contribution is 2.44. The smallest absolute Gasteiger partial charge is 0.137 e. The van der Waals surface area contributed by atoms with Crippen LogP contribution in [0, 0.1) is 0 Å². The van der Waals surface area contributed by atoms with E-state index in [0.29, 0.717) is 0 Å². The summed E-state index contributed by atoms with van der Waals surface area (Å²) in [5.41, 5.74) is 7.92. The van der Waals surface area contributed by atoms with E-state index >= 15 is 0 Å². The molecule has 0 saturated carbocycles. The van der Waals surface area contributed by atoms with Gasteiger partial charge in [0.1, 0.15) is 5.82 Å². The van der Waals surface area contributed by atoms with Crippen molar-refractivity contribution in [3.8, 4) is 11.1 Å². The van der Waals surface area contributed by atoms with Crippen molar-refractivity contribution in [2.45, 2.75) is 44.6 Å². The molecule has 1 aliphatic carbocycles. The molecule has 3 aromatic rings. The minimum atomic E-state index is 0.753. The van der Waals surface area contributed by atoms with E-state index in [9.17, 15) is 0 Å². The van der Waals surface area contributed by atoms with Crippen molar-refractivity contribution in [3.63, 3.8) is 0 Å². The van der Waals surface area contributed by atoms with Gasteiger partial charge in [0.25, 0.3) is 0 Å². The van der Waals surface area contributed by atoms with Crippen LogP contribution in [0.3, 0.4) is 0 Å². The molecule has 0 spiro atoms. The fourth-order valence-electron chi connectivity index (χ4n) is 5.81. The number of halogens is 1. The topological polar surface area (TPSA) is 32.3 Å². The van der Waals surface area contributed by atoms with E-state index in [4.69, 9.17) is 4.98 Å². The SMILES string of the molecule is Brc1ccc2c(c1)Cc1cc(Cc3cccnc3)nc(N3CCC(N4CCCC4)CC3)c1-2. The summed E-state index contributed by atoms with van der Waals surface area (Å²) in [7, 11) is 0. The minimum Gasteiger partial charge on any atom is -0.356 e. The molecule has 4 nitrogen and oxygen atoms in total.